The summed E-state index contributed by atoms with van der Waals surface area (Å²) in [5.74, 6) is 0.502. The molecule has 22 heavy (non-hydrogen) atoms. The van der Waals surface area contributed by atoms with Crippen molar-refractivity contribution in [1.29, 1.82) is 0 Å². The first-order valence-corrected chi connectivity index (χ1v) is 8.20. The molecule has 1 aliphatic rings. The largest absolute Gasteiger partial charge is 0.360 e. The van der Waals surface area contributed by atoms with Gasteiger partial charge in [0.2, 0.25) is 5.95 Å². The summed E-state index contributed by atoms with van der Waals surface area (Å²) in [5, 5.41) is 12.0. The Morgan fingerprint density at radius 1 is 1.32 bits per heavy atom. The van der Waals surface area contributed by atoms with Crippen LogP contribution in [0, 0.1) is 0 Å². The van der Waals surface area contributed by atoms with Crippen LogP contribution < -0.4 is 10.6 Å². The van der Waals surface area contributed by atoms with E-state index in [9.17, 15) is 0 Å². The number of nitrogens with zero attached hydrogens (tertiary/aromatic N) is 3. The minimum Gasteiger partial charge on any atom is -0.360 e. The average Bonchev–Trinajstić information content (AvgIpc) is 3.14. The molecule has 1 heterocycles. The summed E-state index contributed by atoms with van der Waals surface area (Å²) in [7, 11) is 0. The SMILES string of the molecule is S=C(Nc1ncn(Cc2ccccc2Cl)n1)NC1CCCC1. The summed E-state index contributed by atoms with van der Waals surface area (Å²) >= 11 is 11.5. The number of anilines is 1. The number of benzene rings is 1. The lowest BCUT2D eigenvalue weighted by Crippen LogP contribution is -2.36. The van der Waals surface area contributed by atoms with Crippen molar-refractivity contribution in [1.82, 2.24) is 20.1 Å². The maximum atomic E-state index is 6.15. The van der Waals surface area contributed by atoms with Crippen LogP contribution in [0.2, 0.25) is 5.02 Å². The maximum absolute atomic E-state index is 6.15. The van der Waals surface area contributed by atoms with Gasteiger partial charge in [0.05, 0.1) is 6.54 Å². The second kappa shape index (κ2) is 7.07. The lowest BCUT2D eigenvalue weighted by Gasteiger charge is -2.13. The zero-order valence-electron chi connectivity index (χ0n) is 12.1. The van der Waals surface area contributed by atoms with Gasteiger partial charge in [0.25, 0.3) is 0 Å². The van der Waals surface area contributed by atoms with E-state index in [0.717, 1.165) is 10.6 Å². The zero-order chi connectivity index (χ0) is 15.4. The van der Waals surface area contributed by atoms with E-state index in [2.05, 4.69) is 20.7 Å². The van der Waals surface area contributed by atoms with Crippen molar-refractivity contribution in [2.75, 3.05) is 5.32 Å². The van der Waals surface area contributed by atoms with Crippen molar-refractivity contribution in [3.63, 3.8) is 0 Å². The van der Waals surface area contributed by atoms with Gasteiger partial charge in [0.1, 0.15) is 6.33 Å². The van der Waals surface area contributed by atoms with Crippen molar-refractivity contribution in [3.8, 4) is 0 Å². The van der Waals surface area contributed by atoms with Gasteiger partial charge in [-0.3, -0.25) is 5.32 Å². The molecule has 2 N–H and O–H groups in total. The summed E-state index contributed by atoms with van der Waals surface area (Å²) in [5.41, 5.74) is 1.01. The van der Waals surface area contributed by atoms with Crippen LogP contribution in [0.3, 0.4) is 0 Å². The summed E-state index contributed by atoms with van der Waals surface area (Å²) in [6, 6.07) is 8.19. The molecule has 0 bridgehead atoms. The summed E-state index contributed by atoms with van der Waals surface area (Å²) in [6.07, 6.45) is 6.56. The Kier molecular flexibility index (Phi) is 4.90. The van der Waals surface area contributed by atoms with Gasteiger partial charge in [-0.15, -0.1) is 5.10 Å². The van der Waals surface area contributed by atoms with Gasteiger partial charge < -0.3 is 5.32 Å². The number of hydrogen-bond acceptors (Lipinski definition) is 3. The molecule has 0 saturated heterocycles. The molecule has 0 aliphatic heterocycles. The highest BCUT2D eigenvalue weighted by Gasteiger charge is 2.16. The molecular weight excluding hydrogens is 318 g/mol. The van der Waals surface area contributed by atoms with Gasteiger partial charge in [-0.25, -0.2) is 9.67 Å². The molecule has 3 rings (SSSR count). The van der Waals surface area contributed by atoms with Crippen LogP contribution in [0.15, 0.2) is 30.6 Å². The Morgan fingerprint density at radius 3 is 2.86 bits per heavy atom. The van der Waals surface area contributed by atoms with Crippen molar-refractivity contribution in [2.45, 2.75) is 38.3 Å². The van der Waals surface area contributed by atoms with E-state index in [1.807, 2.05) is 24.3 Å². The lowest BCUT2D eigenvalue weighted by molar-refractivity contribution is 0.634. The van der Waals surface area contributed by atoms with Crippen molar-refractivity contribution >= 4 is 34.9 Å². The van der Waals surface area contributed by atoms with E-state index >= 15 is 0 Å². The topological polar surface area (TPSA) is 54.8 Å². The molecule has 5 nitrogen and oxygen atoms in total. The molecule has 0 spiro atoms. The van der Waals surface area contributed by atoms with E-state index in [1.54, 1.807) is 11.0 Å². The summed E-state index contributed by atoms with van der Waals surface area (Å²) < 4.78 is 1.74. The Balaban J connectivity index is 1.56. The average molecular weight is 336 g/mol. The van der Waals surface area contributed by atoms with E-state index < -0.39 is 0 Å². The molecule has 1 aromatic carbocycles. The highest BCUT2D eigenvalue weighted by Crippen LogP contribution is 2.18. The Hall–Kier alpha value is -1.66. The maximum Gasteiger partial charge on any atom is 0.248 e. The van der Waals surface area contributed by atoms with Crippen LogP contribution in [0.1, 0.15) is 31.2 Å². The molecule has 0 atom stereocenters. The van der Waals surface area contributed by atoms with E-state index in [4.69, 9.17) is 23.8 Å². The van der Waals surface area contributed by atoms with E-state index in [1.165, 1.54) is 25.7 Å². The standard InChI is InChI=1S/C15H18ClN5S/c16-13-8-4-1-5-11(13)9-21-10-17-14(20-21)19-15(22)18-12-6-2-3-7-12/h1,4-5,8,10,12H,2-3,6-7,9H2,(H2,18,19,20,22). The van der Waals surface area contributed by atoms with Gasteiger partial charge in [-0.2, -0.15) is 0 Å². The molecule has 1 saturated carbocycles. The lowest BCUT2D eigenvalue weighted by atomic mass is 10.2. The molecule has 1 fully saturated rings. The third-order valence-corrected chi connectivity index (χ3v) is 4.33. The molecule has 0 unspecified atom stereocenters. The van der Waals surface area contributed by atoms with Crippen LogP contribution in [-0.2, 0) is 6.54 Å². The van der Waals surface area contributed by atoms with Gasteiger partial charge in [-0.05, 0) is 36.7 Å². The number of rotatable bonds is 4. The van der Waals surface area contributed by atoms with Gasteiger partial charge in [0.15, 0.2) is 5.11 Å². The highest BCUT2D eigenvalue weighted by molar-refractivity contribution is 7.80. The molecule has 2 aromatic rings. The first-order chi connectivity index (χ1) is 10.7. The normalized spacial score (nSPS) is 15.0. The van der Waals surface area contributed by atoms with Crippen LogP contribution in [0.4, 0.5) is 5.95 Å². The number of hydrogen-bond donors (Lipinski definition) is 2. The molecule has 1 aromatic heterocycles. The van der Waals surface area contributed by atoms with E-state index in [0.29, 0.717) is 23.6 Å². The van der Waals surface area contributed by atoms with Gasteiger partial charge in [0, 0.05) is 11.1 Å². The molecule has 0 radical (unpaired) electrons. The van der Waals surface area contributed by atoms with Gasteiger partial charge in [-0.1, -0.05) is 42.6 Å². The smallest absolute Gasteiger partial charge is 0.248 e. The van der Waals surface area contributed by atoms with E-state index in [-0.39, 0.29) is 0 Å². The minimum absolute atomic E-state index is 0.477. The fourth-order valence-corrected chi connectivity index (χ4v) is 3.08. The first-order valence-electron chi connectivity index (χ1n) is 7.41. The monoisotopic (exact) mass is 335 g/mol. The van der Waals surface area contributed by atoms with Crippen LogP contribution in [-0.4, -0.2) is 25.9 Å². The minimum atomic E-state index is 0.477. The number of halogens is 1. The fourth-order valence-electron chi connectivity index (χ4n) is 2.62. The molecule has 7 heteroatoms. The predicted octanol–water partition coefficient (Wildman–Crippen LogP) is 3.21. The fraction of sp³-hybridized carbons (Fsp3) is 0.400. The first kappa shape index (κ1) is 15.2. The Labute approximate surface area is 140 Å². The number of thiocarbonyl (C=S) groups is 1. The quantitative estimate of drug-likeness (QED) is 0.840. The Bertz CT molecular complexity index is 651. The summed E-state index contributed by atoms with van der Waals surface area (Å²) in [4.78, 5) is 4.23. The molecule has 116 valence electrons. The Morgan fingerprint density at radius 2 is 2.09 bits per heavy atom. The molecule has 1 aliphatic carbocycles. The zero-order valence-corrected chi connectivity index (χ0v) is 13.7. The second-order valence-corrected chi connectivity index (χ2v) is 6.25. The third-order valence-electron chi connectivity index (χ3n) is 3.74. The second-order valence-electron chi connectivity index (χ2n) is 5.44. The molecule has 0 amide bonds. The van der Waals surface area contributed by atoms with Crippen molar-refractivity contribution in [2.24, 2.45) is 0 Å². The third kappa shape index (κ3) is 3.96. The van der Waals surface area contributed by atoms with Crippen LogP contribution >= 0.6 is 23.8 Å². The predicted molar refractivity (Wildman–Crippen MR) is 92.2 cm³/mol. The van der Waals surface area contributed by atoms with Crippen molar-refractivity contribution in [3.05, 3.63) is 41.2 Å². The molecular formula is C15H18ClN5S. The van der Waals surface area contributed by atoms with Gasteiger partial charge >= 0.3 is 0 Å². The van der Waals surface area contributed by atoms with Crippen LogP contribution in [0.5, 0.6) is 0 Å². The van der Waals surface area contributed by atoms with Crippen molar-refractivity contribution < 1.29 is 0 Å². The number of nitrogens with one attached hydrogen (secondary N) is 2. The highest BCUT2D eigenvalue weighted by atomic mass is 35.5. The number of aromatic nitrogens is 3. The van der Waals surface area contributed by atoms with Crippen LogP contribution in [0.25, 0.3) is 0 Å². The summed E-state index contributed by atoms with van der Waals surface area (Å²) in [6.45, 7) is 0.581.